The van der Waals surface area contributed by atoms with Crippen LogP contribution in [0.1, 0.15) is 44.5 Å². The van der Waals surface area contributed by atoms with E-state index >= 15 is 0 Å². The molecule has 8 nitrogen and oxygen atoms in total. The number of pyridine rings is 4. The maximum absolute atomic E-state index is 5.35. The van der Waals surface area contributed by atoms with E-state index in [-0.39, 0.29) is 0 Å². The van der Waals surface area contributed by atoms with Gasteiger partial charge in [-0.15, -0.1) is 0 Å². The van der Waals surface area contributed by atoms with Crippen LogP contribution in [0.15, 0.2) is 409 Å². The van der Waals surface area contributed by atoms with Gasteiger partial charge in [0.05, 0.1) is 45.6 Å². The molecule has 4 aromatic heterocycles. The lowest BCUT2D eigenvalue weighted by atomic mass is 9.94. The summed E-state index contributed by atoms with van der Waals surface area (Å²) in [6.07, 6.45) is 14.6. The first-order chi connectivity index (χ1) is 51.5. The topological polar surface area (TPSA) is 101 Å². The number of fused-ring (bicyclic) bond motifs is 4. The number of nitrogens with zero attached hydrogens (tertiary/aromatic N) is 8. The molecular weight excluding hydrogens is 1270 g/mol. The van der Waals surface area contributed by atoms with Gasteiger partial charge in [-0.2, -0.15) is 0 Å². The predicted octanol–water partition coefficient (Wildman–Crippen LogP) is 23.6. The van der Waals surface area contributed by atoms with Crippen LogP contribution in [0, 0.1) is 0 Å². The van der Waals surface area contributed by atoms with Crippen LogP contribution in [0.25, 0.3) is 89.0 Å². The van der Waals surface area contributed by atoms with Gasteiger partial charge < -0.3 is 0 Å². The molecule has 16 aromatic rings. The monoisotopic (exact) mass is 1330 g/mol. The lowest BCUT2D eigenvalue weighted by molar-refractivity contribution is 1.26. The SMILES string of the molecule is c1ccc(-c2ccc(-c3ccc(C4=Nc5ccncc5C(c5ccc(-c6ccc(-c7ccccc7)cc6)cc5)=Nc5ccncc54)cc3)cc2)cc1.c1ccc(-c2ccc(-c3cccc(C4=Nc5ccncc5C(c5cccc(-c6ccc(-c7ccccc7)cc6)c5)=Nc5ccncc54)c3)cc2)cc1. The fraction of sp³-hybridized carbons (Fsp3) is 0. The average Bonchev–Trinajstić information content (AvgIpc) is 0.779. The first kappa shape index (κ1) is 63.4. The van der Waals surface area contributed by atoms with Gasteiger partial charge in [0, 0.05) is 94.1 Å². The van der Waals surface area contributed by atoms with E-state index in [0.717, 1.165) is 135 Å². The molecular formula is C96H64N8. The van der Waals surface area contributed by atoms with Crippen molar-refractivity contribution in [1.82, 2.24) is 19.9 Å². The summed E-state index contributed by atoms with van der Waals surface area (Å²) in [5, 5.41) is 0. The predicted molar refractivity (Wildman–Crippen MR) is 427 cm³/mol. The van der Waals surface area contributed by atoms with Crippen molar-refractivity contribution in [2.45, 2.75) is 0 Å². The Morgan fingerprint density at radius 1 is 0.135 bits per heavy atom. The standard InChI is InChI=1S/2C48H32N4/c1-3-9-33(10-4-1)35-17-21-37(22-18-35)39-13-7-15-41(29-39)47-43-31-49-27-25-45(43)52-48(44-32-50-28-26-46(44)51-47)42-16-8-14-40(30-42)38-23-19-36(20-24-38)34-11-5-2-6-12-34;1-3-7-33(8-4-1)35-11-15-37(16-12-35)39-19-23-41(24-20-39)47-43-31-49-29-27-45(43)52-48(44-32-50-30-28-46(44)51-47)42-25-21-40(22-26-42)38-17-13-36(14-18-38)34-9-5-2-6-10-34/h2*1-32H. The van der Waals surface area contributed by atoms with Crippen molar-refractivity contribution < 1.29 is 0 Å². The summed E-state index contributed by atoms with van der Waals surface area (Å²) >= 11 is 0. The van der Waals surface area contributed by atoms with Crippen LogP contribution >= 0.6 is 0 Å². The Hall–Kier alpha value is -14.1. The molecule has 0 bridgehead atoms. The second-order valence-corrected chi connectivity index (χ2v) is 25.5. The summed E-state index contributed by atoms with van der Waals surface area (Å²) < 4.78 is 0. The molecule has 2 aliphatic rings. The van der Waals surface area contributed by atoms with Gasteiger partial charge in [-0.1, -0.05) is 303 Å². The summed E-state index contributed by atoms with van der Waals surface area (Å²) in [7, 11) is 0. The van der Waals surface area contributed by atoms with Gasteiger partial charge in [0.1, 0.15) is 0 Å². The van der Waals surface area contributed by atoms with E-state index in [1.165, 1.54) is 44.5 Å². The molecule has 0 N–H and O–H groups in total. The lowest BCUT2D eigenvalue weighted by Gasteiger charge is -2.18. The summed E-state index contributed by atoms with van der Waals surface area (Å²) in [6, 6.07) is 119. The minimum atomic E-state index is 0.800. The third-order valence-electron chi connectivity index (χ3n) is 19.0. The summed E-state index contributed by atoms with van der Waals surface area (Å²) in [5.74, 6) is 0. The summed E-state index contributed by atoms with van der Waals surface area (Å²) in [4.78, 5) is 39.4. The summed E-state index contributed by atoms with van der Waals surface area (Å²) in [5.41, 5.74) is 32.6. The zero-order chi connectivity index (χ0) is 69.4. The molecule has 18 rings (SSSR count). The van der Waals surface area contributed by atoms with Crippen molar-refractivity contribution in [3.63, 3.8) is 0 Å². The number of hydrogen-bond donors (Lipinski definition) is 0. The maximum atomic E-state index is 5.35. The van der Waals surface area contributed by atoms with E-state index in [1.54, 1.807) is 24.8 Å². The average molecular weight is 1330 g/mol. The van der Waals surface area contributed by atoms with Crippen molar-refractivity contribution in [1.29, 1.82) is 0 Å². The van der Waals surface area contributed by atoms with Crippen molar-refractivity contribution in [3.8, 4) is 89.0 Å². The molecule has 0 saturated carbocycles. The van der Waals surface area contributed by atoms with E-state index in [0.29, 0.717) is 0 Å². The van der Waals surface area contributed by atoms with Crippen LogP contribution in [0.5, 0.6) is 0 Å². The Labute approximate surface area is 604 Å². The molecule has 2 aliphatic heterocycles. The van der Waals surface area contributed by atoms with Crippen LogP contribution in [0.4, 0.5) is 22.7 Å². The molecule has 0 fully saturated rings. The molecule has 0 saturated heterocycles. The normalized spacial score (nSPS) is 12.1. The number of aromatic nitrogens is 4. The molecule has 0 amide bonds. The molecule has 8 heteroatoms. The number of rotatable bonds is 12. The Bertz CT molecular complexity index is 5510. The van der Waals surface area contributed by atoms with Crippen LogP contribution in [0.2, 0.25) is 0 Å². The van der Waals surface area contributed by atoms with Gasteiger partial charge in [0.25, 0.3) is 0 Å². The first-order valence-corrected chi connectivity index (χ1v) is 34.7. The fourth-order valence-corrected chi connectivity index (χ4v) is 13.5. The Morgan fingerprint density at radius 3 is 0.538 bits per heavy atom. The lowest BCUT2D eigenvalue weighted by Crippen LogP contribution is -2.11. The van der Waals surface area contributed by atoms with Crippen molar-refractivity contribution in [2.24, 2.45) is 20.0 Å². The fourth-order valence-electron chi connectivity index (χ4n) is 13.5. The molecule has 6 heterocycles. The molecule has 12 aromatic carbocycles. The minimum absolute atomic E-state index is 0.800. The van der Waals surface area contributed by atoms with Gasteiger partial charge in [0.2, 0.25) is 0 Å². The van der Waals surface area contributed by atoms with E-state index in [9.17, 15) is 0 Å². The molecule has 0 aliphatic carbocycles. The van der Waals surface area contributed by atoms with Crippen molar-refractivity contribution in [2.75, 3.05) is 0 Å². The highest BCUT2D eigenvalue weighted by Gasteiger charge is 2.24. The van der Waals surface area contributed by atoms with Gasteiger partial charge in [0.15, 0.2) is 0 Å². The third kappa shape index (κ3) is 13.5. The molecule has 0 radical (unpaired) electrons. The largest absolute Gasteiger partial charge is 0.264 e. The van der Waals surface area contributed by atoms with Crippen LogP contribution < -0.4 is 0 Å². The Kier molecular flexibility index (Phi) is 17.7. The van der Waals surface area contributed by atoms with Crippen LogP contribution in [-0.2, 0) is 0 Å². The number of aliphatic imine (C=N–C) groups is 4. The maximum Gasteiger partial charge on any atom is 0.0819 e. The number of hydrogen-bond acceptors (Lipinski definition) is 8. The van der Waals surface area contributed by atoms with Gasteiger partial charge in [-0.05, 0) is 125 Å². The smallest absolute Gasteiger partial charge is 0.0819 e. The molecule has 104 heavy (non-hydrogen) atoms. The Balaban J connectivity index is 0.000000154. The molecule has 0 spiro atoms. The zero-order valence-electron chi connectivity index (χ0n) is 56.5. The highest BCUT2D eigenvalue weighted by molar-refractivity contribution is 6.24. The highest BCUT2D eigenvalue weighted by atomic mass is 14.9. The summed E-state index contributed by atoms with van der Waals surface area (Å²) in [6.45, 7) is 0. The van der Waals surface area contributed by atoms with E-state index in [2.05, 4.69) is 311 Å². The second-order valence-electron chi connectivity index (χ2n) is 25.5. The van der Waals surface area contributed by atoms with E-state index < -0.39 is 0 Å². The molecule has 488 valence electrons. The van der Waals surface area contributed by atoms with Crippen LogP contribution in [0.3, 0.4) is 0 Å². The first-order valence-electron chi connectivity index (χ1n) is 34.7. The van der Waals surface area contributed by atoms with Crippen LogP contribution in [-0.4, -0.2) is 42.8 Å². The number of benzene rings is 12. The Morgan fingerprint density at radius 2 is 0.308 bits per heavy atom. The minimum Gasteiger partial charge on any atom is -0.264 e. The highest BCUT2D eigenvalue weighted by Crippen LogP contribution is 2.38. The third-order valence-corrected chi connectivity index (χ3v) is 19.0. The molecule has 0 atom stereocenters. The van der Waals surface area contributed by atoms with Gasteiger partial charge in [-0.25, -0.2) is 20.0 Å². The van der Waals surface area contributed by atoms with Crippen molar-refractivity contribution >= 4 is 45.6 Å². The zero-order valence-corrected chi connectivity index (χ0v) is 56.5. The van der Waals surface area contributed by atoms with Gasteiger partial charge in [-0.3, -0.25) is 19.9 Å². The molecule has 0 unspecified atom stereocenters. The van der Waals surface area contributed by atoms with Gasteiger partial charge >= 0.3 is 0 Å². The van der Waals surface area contributed by atoms with Crippen molar-refractivity contribution in [3.05, 3.63) is 434 Å². The van der Waals surface area contributed by atoms with E-state index in [1.807, 2.05) is 73.3 Å². The van der Waals surface area contributed by atoms with E-state index in [4.69, 9.17) is 20.0 Å². The quantitative estimate of drug-likeness (QED) is 0.122. The second kappa shape index (κ2) is 29.0.